The van der Waals surface area contributed by atoms with Crippen molar-refractivity contribution in [2.24, 2.45) is 0 Å². The molecule has 0 aliphatic carbocycles. The highest BCUT2D eigenvalue weighted by atomic mass is 16.5. The molecule has 0 fully saturated rings. The van der Waals surface area contributed by atoms with E-state index < -0.39 is 0 Å². The first-order valence-corrected chi connectivity index (χ1v) is 4.97. The predicted molar refractivity (Wildman–Crippen MR) is 58.7 cm³/mol. The van der Waals surface area contributed by atoms with E-state index in [1.54, 1.807) is 0 Å². The summed E-state index contributed by atoms with van der Waals surface area (Å²) in [4.78, 5) is 7.99. The van der Waals surface area contributed by atoms with Crippen molar-refractivity contribution in [2.45, 2.75) is 13.2 Å². The minimum Gasteiger partial charge on any atom is -0.472 e. The van der Waals surface area contributed by atoms with Crippen LogP contribution in [0.4, 0.5) is 0 Å². The zero-order valence-corrected chi connectivity index (χ0v) is 8.71. The Hall–Kier alpha value is -1.94. The molecule has 0 atom stereocenters. The van der Waals surface area contributed by atoms with E-state index in [0.717, 1.165) is 5.56 Å². The van der Waals surface area contributed by atoms with Gasteiger partial charge in [0, 0.05) is 0 Å². The van der Waals surface area contributed by atoms with Crippen LogP contribution in [0.3, 0.4) is 0 Å². The lowest BCUT2D eigenvalue weighted by molar-refractivity contribution is 0.271. The summed E-state index contributed by atoms with van der Waals surface area (Å²) in [5.74, 6) is 0.459. The fourth-order valence-corrected chi connectivity index (χ4v) is 1.23. The molecule has 2 aromatic rings. The maximum Gasteiger partial charge on any atom is 0.232 e. The van der Waals surface area contributed by atoms with Crippen molar-refractivity contribution in [3.63, 3.8) is 0 Å². The first-order valence-electron chi connectivity index (χ1n) is 4.97. The first-order chi connectivity index (χ1) is 7.88. The molecule has 0 bridgehead atoms. The average molecular weight is 216 g/mol. The predicted octanol–water partition coefficient (Wildman–Crippen LogP) is 1.55. The number of ether oxygens (including phenoxy) is 1. The molecule has 0 aliphatic heterocycles. The third-order valence-electron chi connectivity index (χ3n) is 2.07. The molecule has 0 saturated carbocycles. The van der Waals surface area contributed by atoms with E-state index in [1.165, 1.54) is 12.4 Å². The Morgan fingerprint density at radius 2 is 1.88 bits per heavy atom. The lowest BCUT2D eigenvalue weighted by atomic mass is 10.2. The monoisotopic (exact) mass is 216 g/mol. The van der Waals surface area contributed by atoms with Crippen molar-refractivity contribution in [2.75, 3.05) is 0 Å². The number of hydrogen-bond donors (Lipinski definition) is 1. The number of aliphatic hydroxyl groups excluding tert-OH is 1. The van der Waals surface area contributed by atoms with Crippen molar-refractivity contribution in [3.8, 4) is 5.88 Å². The molecule has 0 unspecified atom stereocenters. The quantitative estimate of drug-likeness (QED) is 0.842. The van der Waals surface area contributed by atoms with E-state index in [-0.39, 0.29) is 6.61 Å². The zero-order valence-electron chi connectivity index (χ0n) is 8.71. The van der Waals surface area contributed by atoms with Gasteiger partial charge in [0.1, 0.15) is 6.61 Å². The summed E-state index contributed by atoms with van der Waals surface area (Å²) in [6.07, 6.45) is 3.01. The molecule has 2 rings (SSSR count). The molecule has 1 aromatic carbocycles. The average Bonchev–Trinajstić information content (AvgIpc) is 2.38. The van der Waals surface area contributed by atoms with Gasteiger partial charge in [0.15, 0.2) is 0 Å². The summed E-state index contributed by atoms with van der Waals surface area (Å²) >= 11 is 0. The van der Waals surface area contributed by atoms with Gasteiger partial charge < -0.3 is 9.84 Å². The number of aromatic nitrogens is 2. The van der Waals surface area contributed by atoms with Gasteiger partial charge in [-0.3, -0.25) is 4.98 Å². The van der Waals surface area contributed by atoms with Gasteiger partial charge in [0.25, 0.3) is 0 Å². The number of benzene rings is 1. The van der Waals surface area contributed by atoms with Crippen LogP contribution in [0.15, 0.2) is 42.7 Å². The minimum atomic E-state index is -0.105. The Bertz CT molecular complexity index is 429. The van der Waals surface area contributed by atoms with Crippen LogP contribution in [0.2, 0.25) is 0 Å². The minimum absolute atomic E-state index is 0.105. The first kappa shape index (κ1) is 10.6. The SMILES string of the molecule is OCc1cnc(OCc2ccccc2)cn1. The van der Waals surface area contributed by atoms with Crippen molar-refractivity contribution < 1.29 is 9.84 Å². The summed E-state index contributed by atoms with van der Waals surface area (Å²) in [5.41, 5.74) is 1.61. The lowest BCUT2D eigenvalue weighted by Gasteiger charge is -2.04. The maximum atomic E-state index is 8.79. The van der Waals surface area contributed by atoms with Crippen molar-refractivity contribution in [1.29, 1.82) is 0 Å². The molecule has 0 amide bonds. The molecular formula is C12H12N2O2. The molecule has 1 N–H and O–H groups in total. The highest BCUT2D eigenvalue weighted by Crippen LogP contribution is 2.07. The van der Waals surface area contributed by atoms with Crippen molar-refractivity contribution >= 4 is 0 Å². The Morgan fingerprint density at radius 3 is 2.50 bits per heavy atom. The van der Waals surface area contributed by atoms with E-state index in [2.05, 4.69) is 9.97 Å². The van der Waals surface area contributed by atoms with Gasteiger partial charge in [-0.2, -0.15) is 0 Å². The second kappa shape index (κ2) is 5.23. The van der Waals surface area contributed by atoms with E-state index >= 15 is 0 Å². The highest BCUT2D eigenvalue weighted by Gasteiger charge is 1.98. The van der Waals surface area contributed by atoms with Crippen molar-refractivity contribution in [1.82, 2.24) is 9.97 Å². The smallest absolute Gasteiger partial charge is 0.232 e. The van der Waals surface area contributed by atoms with Gasteiger partial charge in [-0.25, -0.2) is 4.98 Å². The van der Waals surface area contributed by atoms with Gasteiger partial charge in [-0.15, -0.1) is 0 Å². The normalized spacial score (nSPS) is 10.1. The lowest BCUT2D eigenvalue weighted by Crippen LogP contribution is -1.99. The van der Waals surface area contributed by atoms with Gasteiger partial charge in [-0.1, -0.05) is 30.3 Å². The zero-order chi connectivity index (χ0) is 11.2. The van der Waals surface area contributed by atoms with Gasteiger partial charge in [0.2, 0.25) is 5.88 Å². The number of aliphatic hydroxyl groups is 1. The largest absolute Gasteiger partial charge is 0.472 e. The molecule has 1 heterocycles. The third-order valence-corrected chi connectivity index (χ3v) is 2.07. The molecule has 82 valence electrons. The molecule has 4 nitrogen and oxygen atoms in total. The Labute approximate surface area is 93.6 Å². The Morgan fingerprint density at radius 1 is 1.06 bits per heavy atom. The molecule has 1 aromatic heterocycles. The summed E-state index contributed by atoms with van der Waals surface area (Å²) < 4.78 is 5.44. The van der Waals surface area contributed by atoms with Crippen LogP contribution in [-0.4, -0.2) is 15.1 Å². The van der Waals surface area contributed by atoms with E-state index in [1.807, 2.05) is 30.3 Å². The Kier molecular flexibility index (Phi) is 3.46. The molecular weight excluding hydrogens is 204 g/mol. The highest BCUT2D eigenvalue weighted by molar-refractivity contribution is 5.15. The van der Waals surface area contributed by atoms with Crippen LogP contribution in [0.1, 0.15) is 11.3 Å². The van der Waals surface area contributed by atoms with Crippen LogP contribution < -0.4 is 4.74 Å². The number of rotatable bonds is 4. The molecule has 0 saturated heterocycles. The van der Waals surface area contributed by atoms with Gasteiger partial charge in [-0.05, 0) is 5.56 Å². The summed E-state index contributed by atoms with van der Waals surface area (Å²) in [7, 11) is 0. The van der Waals surface area contributed by atoms with E-state index in [9.17, 15) is 0 Å². The number of nitrogens with zero attached hydrogens (tertiary/aromatic N) is 2. The summed E-state index contributed by atoms with van der Waals surface area (Å²) in [6, 6.07) is 9.84. The fraction of sp³-hybridized carbons (Fsp3) is 0.167. The second-order valence-electron chi connectivity index (χ2n) is 3.28. The van der Waals surface area contributed by atoms with Crippen LogP contribution in [0, 0.1) is 0 Å². The Balaban J connectivity index is 1.94. The van der Waals surface area contributed by atoms with Gasteiger partial charge >= 0.3 is 0 Å². The van der Waals surface area contributed by atoms with Gasteiger partial charge in [0.05, 0.1) is 24.7 Å². The summed E-state index contributed by atoms with van der Waals surface area (Å²) in [6.45, 7) is 0.361. The van der Waals surface area contributed by atoms with Crippen molar-refractivity contribution in [3.05, 3.63) is 54.0 Å². The fourth-order valence-electron chi connectivity index (χ4n) is 1.23. The van der Waals surface area contributed by atoms with Crippen LogP contribution in [-0.2, 0) is 13.2 Å². The molecule has 0 aliphatic rings. The maximum absolute atomic E-state index is 8.79. The standard InChI is InChI=1S/C12H12N2O2/c15-8-11-6-14-12(7-13-11)16-9-10-4-2-1-3-5-10/h1-7,15H,8-9H2. The molecule has 0 radical (unpaired) electrons. The van der Waals surface area contributed by atoms with Crippen LogP contribution >= 0.6 is 0 Å². The molecule has 4 heteroatoms. The topological polar surface area (TPSA) is 55.2 Å². The molecule has 0 spiro atoms. The summed E-state index contributed by atoms with van der Waals surface area (Å²) in [5, 5.41) is 8.79. The van der Waals surface area contributed by atoms with E-state index in [0.29, 0.717) is 18.2 Å². The number of hydrogen-bond acceptors (Lipinski definition) is 4. The van der Waals surface area contributed by atoms with Crippen LogP contribution in [0.5, 0.6) is 5.88 Å². The van der Waals surface area contributed by atoms with Crippen LogP contribution in [0.25, 0.3) is 0 Å². The second-order valence-corrected chi connectivity index (χ2v) is 3.28. The third kappa shape index (κ3) is 2.77. The van der Waals surface area contributed by atoms with E-state index in [4.69, 9.17) is 9.84 Å². The molecule has 16 heavy (non-hydrogen) atoms.